The van der Waals surface area contributed by atoms with E-state index >= 15 is 0 Å². The summed E-state index contributed by atoms with van der Waals surface area (Å²) in [7, 11) is 3.16. The largest absolute Gasteiger partial charge is 0.497 e. The molecule has 2 heterocycles. The van der Waals surface area contributed by atoms with Crippen molar-refractivity contribution in [3.8, 4) is 11.5 Å². The number of hydrogen-bond donors (Lipinski definition) is 0. The molecule has 0 radical (unpaired) electrons. The predicted octanol–water partition coefficient (Wildman–Crippen LogP) is 6.72. The zero-order chi connectivity index (χ0) is 24.3. The molecule has 0 fully saturated rings. The van der Waals surface area contributed by atoms with Gasteiger partial charge in [-0.05, 0) is 57.4 Å². The third kappa shape index (κ3) is 5.02. The molecule has 1 unspecified atom stereocenters. The second-order valence-corrected chi connectivity index (χ2v) is 9.61. The second-order valence-electron chi connectivity index (χ2n) is 7.78. The third-order valence-corrected chi connectivity index (χ3v) is 7.40. The Morgan fingerprint density at radius 1 is 1.00 bits per heavy atom. The Balaban J connectivity index is 1.64. The predicted molar refractivity (Wildman–Crippen MR) is 128 cm³/mol. The molecule has 1 aliphatic rings. The van der Waals surface area contributed by atoms with E-state index in [-0.39, 0.29) is 10.7 Å². The van der Waals surface area contributed by atoms with Crippen LogP contribution >= 0.6 is 27.3 Å². The summed E-state index contributed by atoms with van der Waals surface area (Å²) in [5.41, 5.74) is -0.711. The molecule has 3 aromatic rings. The number of benzene rings is 2. The maximum atomic E-state index is 14.3. The minimum absolute atomic E-state index is 0.0551. The van der Waals surface area contributed by atoms with Crippen LogP contribution in [0.15, 0.2) is 69.6 Å². The average molecular weight is 555 g/mol. The van der Waals surface area contributed by atoms with E-state index < -0.39 is 18.2 Å². The van der Waals surface area contributed by atoms with Crippen LogP contribution in [0.1, 0.15) is 22.4 Å². The van der Waals surface area contributed by atoms with Gasteiger partial charge in [-0.1, -0.05) is 29.4 Å². The lowest BCUT2D eigenvalue weighted by Crippen LogP contribution is -2.43. The molecule has 34 heavy (non-hydrogen) atoms. The molecule has 0 N–H and O–H groups in total. The smallest absolute Gasteiger partial charge is 0.436 e. The van der Waals surface area contributed by atoms with Crippen LogP contribution in [0.2, 0.25) is 0 Å². The summed E-state index contributed by atoms with van der Waals surface area (Å²) in [5.74, 6) is 1.63. The summed E-state index contributed by atoms with van der Waals surface area (Å²) in [6.45, 7) is 0.695. The Hall–Kier alpha value is -2.72. The molecule has 10 heteroatoms. The van der Waals surface area contributed by atoms with Crippen LogP contribution in [-0.4, -0.2) is 31.1 Å². The highest BCUT2D eigenvalue weighted by Gasteiger charge is 2.63. The van der Waals surface area contributed by atoms with Crippen LogP contribution in [0.3, 0.4) is 0 Å². The van der Waals surface area contributed by atoms with E-state index in [0.717, 1.165) is 22.5 Å². The molecule has 0 spiro atoms. The molecule has 1 atom stereocenters. The minimum Gasteiger partial charge on any atom is -0.497 e. The summed E-state index contributed by atoms with van der Waals surface area (Å²) < 4.78 is 53.9. The van der Waals surface area contributed by atoms with Crippen LogP contribution < -0.4 is 9.47 Å². The van der Waals surface area contributed by atoms with E-state index in [1.807, 2.05) is 48.5 Å². The molecular formula is C24H22BrF3N2O3S. The standard InChI is InChI=1S/C24H22BrF3N2O3S/c1-31-19-7-3-16(4-8-19)13-30(14-17-5-9-20(32-2)10-6-17)22-12-23(33-29-22,24(26,27)28)21-11-18(25)15-34-21/h3-11,15H,12-14H2,1-2H3. The molecule has 0 bridgehead atoms. The van der Waals surface area contributed by atoms with Crippen LogP contribution in [0, 0.1) is 0 Å². The van der Waals surface area contributed by atoms with Gasteiger partial charge in [-0.2, -0.15) is 13.2 Å². The van der Waals surface area contributed by atoms with E-state index in [4.69, 9.17) is 14.3 Å². The van der Waals surface area contributed by atoms with Crippen molar-refractivity contribution in [3.63, 3.8) is 0 Å². The van der Waals surface area contributed by atoms with Crippen molar-refractivity contribution < 1.29 is 27.5 Å². The van der Waals surface area contributed by atoms with Crippen molar-refractivity contribution in [1.29, 1.82) is 0 Å². The zero-order valence-corrected chi connectivity index (χ0v) is 20.8. The summed E-state index contributed by atoms with van der Waals surface area (Å²) >= 11 is 4.24. The number of methoxy groups -OCH3 is 2. The molecule has 0 amide bonds. The summed E-state index contributed by atoms with van der Waals surface area (Å²) in [6, 6.07) is 16.2. The highest BCUT2D eigenvalue weighted by atomic mass is 79.9. The number of amidine groups is 1. The summed E-state index contributed by atoms with van der Waals surface area (Å²) in [5, 5.41) is 5.57. The van der Waals surface area contributed by atoms with Gasteiger partial charge in [0.15, 0.2) is 0 Å². The van der Waals surface area contributed by atoms with E-state index in [1.165, 1.54) is 6.07 Å². The van der Waals surface area contributed by atoms with E-state index in [9.17, 15) is 13.2 Å². The normalized spacial score (nSPS) is 17.8. The first kappa shape index (κ1) is 24.4. The molecule has 180 valence electrons. The zero-order valence-electron chi connectivity index (χ0n) is 18.4. The number of nitrogens with zero attached hydrogens (tertiary/aromatic N) is 2. The van der Waals surface area contributed by atoms with E-state index in [2.05, 4.69) is 21.1 Å². The topological polar surface area (TPSA) is 43.3 Å². The first-order chi connectivity index (χ1) is 16.2. The van der Waals surface area contributed by atoms with Gasteiger partial charge < -0.3 is 19.2 Å². The maximum Gasteiger partial charge on any atom is 0.436 e. The van der Waals surface area contributed by atoms with Crippen molar-refractivity contribution in [2.45, 2.75) is 31.3 Å². The fourth-order valence-electron chi connectivity index (χ4n) is 3.68. The highest BCUT2D eigenvalue weighted by Crippen LogP contribution is 2.50. The number of rotatable bonds is 7. The van der Waals surface area contributed by atoms with Gasteiger partial charge >= 0.3 is 6.18 Å². The van der Waals surface area contributed by atoms with Gasteiger partial charge in [-0.3, -0.25) is 0 Å². The number of halogens is 4. The van der Waals surface area contributed by atoms with Gasteiger partial charge in [0.25, 0.3) is 5.60 Å². The van der Waals surface area contributed by atoms with Crippen LogP contribution in [0.25, 0.3) is 0 Å². The fraction of sp³-hybridized carbons (Fsp3) is 0.292. The number of alkyl halides is 3. The number of ether oxygens (including phenoxy) is 2. The highest BCUT2D eigenvalue weighted by molar-refractivity contribution is 9.10. The molecule has 1 aliphatic heterocycles. The number of thiophene rings is 1. The van der Waals surface area contributed by atoms with Crippen LogP contribution in [0.5, 0.6) is 11.5 Å². The Bertz CT molecular complexity index is 1100. The van der Waals surface area contributed by atoms with Crippen molar-refractivity contribution in [1.82, 2.24) is 4.90 Å². The lowest BCUT2D eigenvalue weighted by atomic mass is 9.96. The molecule has 0 saturated heterocycles. The fourth-order valence-corrected chi connectivity index (χ4v) is 5.26. The SMILES string of the molecule is COc1ccc(CN(Cc2ccc(OC)cc2)C2=NOC(c3cc(Br)cs3)(C(F)(F)F)C2)cc1. The molecule has 5 nitrogen and oxygen atoms in total. The van der Waals surface area contributed by atoms with Crippen molar-refractivity contribution >= 4 is 33.1 Å². The summed E-state index contributed by atoms with van der Waals surface area (Å²) in [4.78, 5) is 7.08. The first-order valence-corrected chi connectivity index (χ1v) is 12.0. The lowest BCUT2D eigenvalue weighted by molar-refractivity contribution is -0.274. The number of hydrogen-bond acceptors (Lipinski definition) is 6. The molecule has 1 aromatic heterocycles. The minimum atomic E-state index is -4.64. The molecule has 0 aliphatic carbocycles. The Labute approximate surface area is 207 Å². The van der Waals surface area contributed by atoms with E-state index in [1.54, 1.807) is 24.5 Å². The third-order valence-electron chi connectivity index (χ3n) is 5.57. The van der Waals surface area contributed by atoms with Gasteiger partial charge in [-0.15, -0.1) is 11.3 Å². The molecular weight excluding hydrogens is 533 g/mol. The number of oxime groups is 1. The Kier molecular flexibility index (Phi) is 7.09. The molecule has 0 saturated carbocycles. The summed E-state index contributed by atoms with van der Waals surface area (Å²) in [6.07, 6.45) is -5.07. The molecule has 4 rings (SSSR count). The average Bonchev–Trinajstić information content (AvgIpc) is 3.47. The van der Waals surface area contributed by atoms with Gasteiger partial charge in [-0.25, -0.2) is 0 Å². The quantitative estimate of drug-likeness (QED) is 0.325. The van der Waals surface area contributed by atoms with Gasteiger partial charge in [0.2, 0.25) is 0 Å². The maximum absolute atomic E-state index is 14.3. The van der Waals surface area contributed by atoms with Gasteiger partial charge in [0.1, 0.15) is 17.3 Å². The van der Waals surface area contributed by atoms with Gasteiger partial charge in [0.05, 0.1) is 25.5 Å². The Morgan fingerprint density at radius 2 is 1.53 bits per heavy atom. The monoisotopic (exact) mass is 554 g/mol. The Morgan fingerprint density at radius 3 is 1.94 bits per heavy atom. The van der Waals surface area contributed by atoms with Gasteiger partial charge in [0, 0.05) is 22.9 Å². The lowest BCUT2D eigenvalue weighted by Gasteiger charge is -2.29. The van der Waals surface area contributed by atoms with Crippen molar-refractivity contribution in [2.24, 2.45) is 5.16 Å². The van der Waals surface area contributed by atoms with Crippen molar-refractivity contribution in [2.75, 3.05) is 14.2 Å². The second kappa shape index (κ2) is 9.87. The van der Waals surface area contributed by atoms with Crippen molar-refractivity contribution in [3.05, 3.63) is 80.5 Å². The molecule has 2 aromatic carbocycles. The van der Waals surface area contributed by atoms with E-state index in [0.29, 0.717) is 29.1 Å². The van der Waals surface area contributed by atoms with Crippen LogP contribution in [0.4, 0.5) is 13.2 Å². The first-order valence-electron chi connectivity index (χ1n) is 10.3. The van der Waals surface area contributed by atoms with Crippen LogP contribution in [-0.2, 0) is 23.5 Å².